The van der Waals surface area contributed by atoms with E-state index in [1.54, 1.807) is 6.08 Å². The summed E-state index contributed by atoms with van der Waals surface area (Å²) in [4.78, 5) is 9.95. The van der Waals surface area contributed by atoms with Gasteiger partial charge in [0.05, 0.1) is 0 Å². The first kappa shape index (κ1) is 13.7. The quantitative estimate of drug-likeness (QED) is 0.460. The van der Waals surface area contributed by atoms with Gasteiger partial charge in [-0.1, -0.05) is 25.8 Å². The van der Waals surface area contributed by atoms with Crippen LogP contribution in [0.2, 0.25) is 0 Å². The Morgan fingerprint density at radius 3 is 2.55 bits per heavy atom. The second kappa shape index (κ2) is 10.1. The standard InChI is InChI=1S/C8H14O2.Pb.2H/c1-2-3-4-5-6-7-8(9)10;;;/h6-7H,2-5H2,1H3,(H,9,10);;;/b7-6+;;;. The predicted octanol–water partition coefficient (Wildman–Crippen LogP) is 1.29. The third-order valence-electron chi connectivity index (χ3n) is 1.23. The summed E-state index contributed by atoms with van der Waals surface area (Å²) in [5, 5.41) is 8.18. The van der Waals surface area contributed by atoms with Crippen LogP contribution in [0.5, 0.6) is 0 Å². The normalized spacial score (nSPS) is 9.55. The number of hydrogen-bond donors (Lipinski definition) is 1. The van der Waals surface area contributed by atoms with Gasteiger partial charge in [0, 0.05) is 6.08 Å². The molecule has 0 heterocycles. The van der Waals surface area contributed by atoms with Gasteiger partial charge in [-0.05, 0) is 12.8 Å². The first-order chi connectivity index (χ1) is 4.77. The van der Waals surface area contributed by atoms with E-state index in [9.17, 15) is 4.79 Å². The number of hydrogen-bond acceptors (Lipinski definition) is 1. The molecule has 0 amide bonds. The maximum atomic E-state index is 9.95. The number of carbonyl (C=O) groups is 1. The van der Waals surface area contributed by atoms with E-state index < -0.39 is 5.97 Å². The molecule has 0 aromatic rings. The maximum absolute atomic E-state index is 9.95. The molecule has 64 valence electrons. The summed E-state index contributed by atoms with van der Waals surface area (Å²) in [6.45, 7) is 2.13. The van der Waals surface area contributed by atoms with E-state index in [4.69, 9.17) is 5.11 Å². The third-order valence-corrected chi connectivity index (χ3v) is 1.23. The van der Waals surface area contributed by atoms with Gasteiger partial charge in [0.2, 0.25) is 0 Å². The number of unbranched alkanes of at least 4 members (excludes halogenated alkanes) is 3. The summed E-state index contributed by atoms with van der Waals surface area (Å²) in [7, 11) is 0. The molecule has 0 atom stereocenters. The zero-order valence-electron chi connectivity index (χ0n) is 7.05. The molecule has 0 aliphatic heterocycles. The number of aliphatic carboxylic acids is 1. The van der Waals surface area contributed by atoms with E-state index in [1.807, 2.05) is 0 Å². The van der Waals surface area contributed by atoms with E-state index in [1.165, 1.54) is 18.9 Å². The Morgan fingerprint density at radius 2 is 2.09 bits per heavy atom. The molecule has 0 aromatic carbocycles. The SMILES string of the molecule is CCCCC/C=C/C(=O)O.[PbH2]. The van der Waals surface area contributed by atoms with Crippen molar-refractivity contribution < 1.29 is 9.90 Å². The summed E-state index contributed by atoms with van der Waals surface area (Å²) < 4.78 is 0. The minimum atomic E-state index is -0.850. The molecule has 2 nitrogen and oxygen atoms in total. The van der Waals surface area contributed by atoms with E-state index in [-0.39, 0.29) is 27.3 Å². The van der Waals surface area contributed by atoms with Crippen molar-refractivity contribution >= 4 is 33.3 Å². The van der Waals surface area contributed by atoms with Crippen LogP contribution in [-0.4, -0.2) is 38.4 Å². The second-order valence-corrected chi connectivity index (χ2v) is 2.24. The third kappa shape index (κ3) is 13.2. The molecule has 2 radical (unpaired) electrons. The van der Waals surface area contributed by atoms with Gasteiger partial charge in [-0.25, -0.2) is 4.79 Å². The van der Waals surface area contributed by atoms with Gasteiger partial charge >= 0.3 is 33.3 Å². The Bertz CT molecular complexity index is 121. The summed E-state index contributed by atoms with van der Waals surface area (Å²) in [6.07, 6.45) is 7.26. The van der Waals surface area contributed by atoms with Gasteiger partial charge in [0.1, 0.15) is 0 Å². The molecule has 0 aliphatic carbocycles. The van der Waals surface area contributed by atoms with Crippen molar-refractivity contribution in [3.8, 4) is 0 Å². The monoisotopic (exact) mass is 352 g/mol. The molecule has 0 bridgehead atoms. The van der Waals surface area contributed by atoms with Crippen molar-refractivity contribution in [1.82, 2.24) is 0 Å². The average molecular weight is 351 g/mol. The number of carboxylic acids is 1. The van der Waals surface area contributed by atoms with Gasteiger partial charge in [0.15, 0.2) is 0 Å². The Kier molecular flexibility index (Phi) is 12.6. The summed E-state index contributed by atoms with van der Waals surface area (Å²) in [5.41, 5.74) is 0. The molecule has 11 heavy (non-hydrogen) atoms. The van der Waals surface area contributed by atoms with E-state index in [0.29, 0.717) is 0 Å². The van der Waals surface area contributed by atoms with Crippen LogP contribution in [0.15, 0.2) is 12.2 Å². The van der Waals surface area contributed by atoms with Gasteiger partial charge < -0.3 is 5.11 Å². The molecule has 0 saturated heterocycles. The summed E-state index contributed by atoms with van der Waals surface area (Å²) in [6, 6.07) is 0. The molecule has 0 fully saturated rings. The van der Waals surface area contributed by atoms with Crippen LogP contribution in [0.25, 0.3) is 0 Å². The van der Waals surface area contributed by atoms with Crippen molar-refractivity contribution in [2.24, 2.45) is 0 Å². The van der Waals surface area contributed by atoms with Crippen LogP contribution in [0.3, 0.4) is 0 Å². The molecule has 1 N–H and O–H groups in total. The molecule has 0 saturated carbocycles. The molecule has 0 aliphatic rings. The molecular formula is C8H16O2Pb. The van der Waals surface area contributed by atoms with Crippen LogP contribution in [0.4, 0.5) is 0 Å². The summed E-state index contributed by atoms with van der Waals surface area (Å²) >= 11 is 0. The molecule has 0 unspecified atom stereocenters. The van der Waals surface area contributed by atoms with E-state index in [0.717, 1.165) is 12.8 Å². The molecule has 0 spiro atoms. The van der Waals surface area contributed by atoms with Gasteiger partial charge in [-0.15, -0.1) is 0 Å². The predicted molar refractivity (Wildman–Crippen MR) is 49.5 cm³/mol. The zero-order valence-corrected chi connectivity index (χ0v) is 12.5. The molecule has 0 rings (SSSR count). The van der Waals surface area contributed by atoms with Gasteiger partial charge in [-0.3, -0.25) is 0 Å². The second-order valence-electron chi connectivity index (χ2n) is 2.24. The van der Waals surface area contributed by atoms with Gasteiger partial charge in [0.25, 0.3) is 0 Å². The van der Waals surface area contributed by atoms with Crippen molar-refractivity contribution in [1.29, 1.82) is 0 Å². The van der Waals surface area contributed by atoms with Crippen LogP contribution in [-0.2, 0) is 4.79 Å². The molecular weight excluding hydrogens is 335 g/mol. The Morgan fingerprint density at radius 1 is 1.45 bits per heavy atom. The average Bonchev–Trinajstić information content (AvgIpc) is 1.87. The molecule has 3 heteroatoms. The Hall–Kier alpha value is 0.132. The van der Waals surface area contributed by atoms with Crippen LogP contribution >= 0.6 is 0 Å². The van der Waals surface area contributed by atoms with Crippen LogP contribution < -0.4 is 0 Å². The zero-order chi connectivity index (χ0) is 7.82. The van der Waals surface area contributed by atoms with E-state index in [2.05, 4.69) is 6.92 Å². The summed E-state index contributed by atoms with van der Waals surface area (Å²) in [5.74, 6) is -0.850. The molecule has 0 aromatic heterocycles. The Balaban J connectivity index is 0. The van der Waals surface area contributed by atoms with Crippen molar-refractivity contribution in [2.45, 2.75) is 32.6 Å². The van der Waals surface area contributed by atoms with Crippen molar-refractivity contribution in [3.63, 3.8) is 0 Å². The Labute approximate surface area is 87.8 Å². The minimum absolute atomic E-state index is 0. The first-order valence-electron chi connectivity index (χ1n) is 3.67. The van der Waals surface area contributed by atoms with Gasteiger partial charge in [-0.2, -0.15) is 0 Å². The number of carboxylic acid groups (broad SMARTS) is 1. The van der Waals surface area contributed by atoms with Crippen LogP contribution in [0.1, 0.15) is 32.6 Å². The van der Waals surface area contributed by atoms with E-state index >= 15 is 0 Å². The number of allylic oxidation sites excluding steroid dienone is 1. The van der Waals surface area contributed by atoms with Crippen molar-refractivity contribution in [2.75, 3.05) is 0 Å². The fourth-order valence-corrected chi connectivity index (χ4v) is 0.696. The van der Waals surface area contributed by atoms with Crippen molar-refractivity contribution in [3.05, 3.63) is 12.2 Å². The van der Waals surface area contributed by atoms with Crippen LogP contribution in [0, 0.1) is 0 Å². The topological polar surface area (TPSA) is 37.3 Å². The fourth-order valence-electron chi connectivity index (χ4n) is 0.696. The fraction of sp³-hybridized carbons (Fsp3) is 0.625. The first-order valence-corrected chi connectivity index (χ1v) is 3.67. The number of rotatable bonds is 5.